The van der Waals surface area contributed by atoms with Crippen LogP contribution in [0.4, 0.5) is 10.5 Å². The molecule has 2 amide bonds. The first-order valence-corrected chi connectivity index (χ1v) is 9.27. The number of urea groups is 1. The lowest BCUT2D eigenvalue weighted by atomic mass is 9.98. The van der Waals surface area contributed by atoms with Crippen molar-refractivity contribution in [1.82, 2.24) is 15.0 Å². The number of rotatable bonds is 3. The molecule has 1 saturated heterocycles. The zero-order valence-corrected chi connectivity index (χ0v) is 15.4. The highest BCUT2D eigenvalue weighted by molar-refractivity contribution is 6.30. The molecular formula is C20H19ClN4O2. The average molecular weight is 383 g/mol. The number of nitrogens with one attached hydrogen (secondary N) is 1. The molecule has 4 rings (SSSR count). The van der Waals surface area contributed by atoms with Crippen LogP contribution in [0.25, 0.3) is 11.4 Å². The number of carbonyl (C=O) groups excluding carboxylic acids is 1. The molecule has 0 aliphatic carbocycles. The lowest BCUT2D eigenvalue weighted by Gasteiger charge is -2.31. The van der Waals surface area contributed by atoms with Crippen molar-refractivity contribution in [2.75, 3.05) is 18.4 Å². The van der Waals surface area contributed by atoms with Crippen LogP contribution in [0.2, 0.25) is 5.02 Å². The third kappa shape index (κ3) is 4.11. The zero-order chi connectivity index (χ0) is 18.6. The number of hydrogen-bond acceptors (Lipinski definition) is 4. The van der Waals surface area contributed by atoms with Gasteiger partial charge in [-0.25, -0.2) is 4.79 Å². The van der Waals surface area contributed by atoms with E-state index in [2.05, 4.69) is 15.5 Å². The van der Waals surface area contributed by atoms with Crippen LogP contribution in [-0.2, 0) is 0 Å². The van der Waals surface area contributed by atoms with Gasteiger partial charge in [0.05, 0.1) is 5.92 Å². The maximum atomic E-state index is 12.5. The van der Waals surface area contributed by atoms with Crippen LogP contribution < -0.4 is 5.32 Å². The van der Waals surface area contributed by atoms with Gasteiger partial charge < -0.3 is 14.7 Å². The number of para-hydroxylation sites is 1. The first kappa shape index (κ1) is 17.5. The largest absolute Gasteiger partial charge is 0.339 e. The lowest BCUT2D eigenvalue weighted by Crippen LogP contribution is -2.41. The summed E-state index contributed by atoms with van der Waals surface area (Å²) in [6.45, 7) is 1.27. The van der Waals surface area contributed by atoms with Crippen molar-refractivity contribution in [3.05, 3.63) is 65.5 Å². The number of aromatic nitrogens is 2. The topological polar surface area (TPSA) is 71.3 Å². The number of halogens is 1. The smallest absolute Gasteiger partial charge is 0.321 e. The van der Waals surface area contributed by atoms with Gasteiger partial charge in [-0.15, -0.1) is 0 Å². The van der Waals surface area contributed by atoms with Crippen LogP contribution in [-0.4, -0.2) is 34.2 Å². The Morgan fingerprint density at radius 3 is 2.70 bits per heavy atom. The Kier molecular flexibility index (Phi) is 5.07. The normalized spacial score (nSPS) is 16.9. The molecule has 1 aliphatic rings. The SMILES string of the molecule is O=C(Nc1ccccc1)N1CCCC(c2nc(-c3ccc(Cl)cc3)no2)C1. The third-order valence-electron chi connectivity index (χ3n) is 4.63. The van der Waals surface area contributed by atoms with Gasteiger partial charge >= 0.3 is 6.03 Å². The molecule has 1 aliphatic heterocycles. The molecule has 138 valence electrons. The Labute approximate surface area is 162 Å². The molecule has 0 saturated carbocycles. The molecule has 27 heavy (non-hydrogen) atoms. The van der Waals surface area contributed by atoms with E-state index in [1.165, 1.54) is 0 Å². The van der Waals surface area contributed by atoms with Crippen molar-refractivity contribution in [3.8, 4) is 11.4 Å². The highest BCUT2D eigenvalue weighted by Gasteiger charge is 2.28. The quantitative estimate of drug-likeness (QED) is 0.706. The van der Waals surface area contributed by atoms with Gasteiger partial charge in [0.1, 0.15) is 0 Å². The highest BCUT2D eigenvalue weighted by atomic mass is 35.5. The zero-order valence-electron chi connectivity index (χ0n) is 14.6. The van der Waals surface area contributed by atoms with Crippen molar-refractivity contribution in [3.63, 3.8) is 0 Å². The summed E-state index contributed by atoms with van der Waals surface area (Å²) >= 11 is 5.92. The molecule has 0 spiro atoms. The molecule has 0 bridgehead atoms. The standard InChI is InChI=1S/C20H19ClN4O2/c21-16-10-8-14(9-11-16)18-23-19(27-24-18)15-5-4-12-25(13-15)20(26)22-17-6-2-1-3-7-17/h1-3,6-11,15H,4-5,12-13H2,(H,22,26). The summed E-state index contributed by atoms with van der Waals surface area (Å²) in [4.78, 5) is 18.9. The summed E-state index contributed by atoms with van der Waals surface area (Å²) in [5, 5.41) is 7.67. The third-order valence-corrected chi connectivity index (χ3v) is 4.88. The fourth-order valence-corrected chi connectivity index (χ4v) is 3.33. The van der Waals surface area contributed by atoms with E-state index in [9.17, 15) is 4.79 Å². The second-order valence-electron chi connectivity index (χ2n) is 6.54. The number of likely N-dealkylation sites (tertiary alicyclic amines) is 1. The van der Waals surface area contributed by atoms with Crippen LogP contribution in [0.5, 0.6) is 0 Å². The van der Waals surface area contributed by atoms with Gasteiger partial charge in [0.25, 0.3) is 0 Å². The van der Waals surface area contributed by atoms with E-state index in [1.54, 1.807) is 17.0 Å². The summed E-state index contributed by atoms with van der Waals surface area (Å²) < 4.78 is 5.48. The molecule has 1 atom stereocenters. The fourth-order valence-electron chi connectivity index (χ4n) is 3.20. The highest BCUT2D eigenvalue weighted by Crippen LogP contribution is 2.28. The number of nitrogens with zero attached hydrogens (tertiary/aromatic N) is 3. The fraction of sp³-hybridized carbons (Fsp3) is 0.250. The minimum atomic E-state index is -0.108. The van der Waals surface area contributed by atoms with Gasteiger partial charge in [-0.1, -0.05) is 35.0 Å². The molecule has 1 unspecified atom stereocenters. The molecule has 0 radical (unpaired) electrons. The minimum Gasteiger partial charge on any atom is -0.339 e. The molecule has 1 aromatic heterocycles. The summed E-state index contributed by atoms with van der Waals surface area (Å²) in [5.41, 5.74) is 1.64. The molecule has 2 aromatic carbocycles. The van der Waals surface area contributed by atoms with Crippen molar-refractivity contribution < 1.29 is 9.32 Å². The predicted molar refractivity (Wildman–Crippen MR) is 104 cm³/mol. The number of piperidine rings is 1. The van der Waals surface area contributed by atoms with Gasteiger partial charge in [-0.2, -0.15) is 4.98 Å². The molecule has 2 heterocycles. The van der Waals surface area contributed by atoms with Gasteiger partial charge in [0, 0.05) is 29.4 Å². The Morgan fingerprint density at radius 2 is 1.93 bits per heavy atom. The lowest BCUT2D eigenvalue weighted by molar-refractivity contribution is 0.184. The van der Waals surface area contributed by atoms with Crippen molar-refractivity contribution in [2.24, 2.45) is 0 Å². The van der Waals surface area contributed by atoms with Crippen molar-refractivity contribution in [2.45, 2.75) is 18.8 Å². The summed E-state index contributed by atoms with van der Waals surface area (Å²) in [5.74, 6) is 1.14. The Hall–Kier alpha value is -2.86. The van der Waals surface area contributed by atoms with Gasteiger partial charge in [0.2, 0.25) is 11.7 Å². The van der Waals surface area contributed by atoms with E-state index in [0.717, 1.165) is 24.1 Å². The first-order chi connectivity index (χ1) is 13.2. The second-order valence-corrected chi connectivity index (χ2v) is 6.98. The van der Waals surface area contributed by atoms with Crippen molar-refractivity contribution in [1.29, 1.82) is 0 Å². The number of amides is 2. The number of carbonyl (C=O) groups is 1. The maximum Gasteiger partial charge on any atom is 0.321 e. The van der Waals surface area contributed by atoms with Crippen molar-refractivity contribution >= 4 is 23.3 Å². The van der Waals surface area contributed by atoms with E-state index in [1.807, 2.05) is 42.5 Å². The van der Waals surface area contributed by atoms with Crippen LogP contribution >= 0.6 is 11.6 Å². The first-order valence-electron chi connectivity index (χ1n) is 8.89. The number of benzene rings is 2. The van der Waals surface area contributed by atoms with Crippen LogP contribution in [0.15, 0.2) is 59.1 Å². The van der Waals surface area contributed by atoms with Crippen LogP contribution in [0.1, 0.15) is 24.7 Å². The Morgan fingerprint density at radius 1 is 1.15 bits per heavy atom. The summed E-state index contributed by atoms with van der Waals surface area (Å²) in [7, 11) is 0. The summed E-state index contributed by atoms with van der Waals surface area (Å²) in [6, 6.07) is 16.6. The molecule has 3 aromatic rings. The number of hydrogen-bond donors (Lipinski definition) is 1. The molecular weight excluding hydrogens is 364 g/mol. The van der Waals surface area contributed by atoms with Crippen LogP contribution in [0.3, 0.4) is 0 Å². The van der Waals surface area contributed by atoms with E-state index < -0.39 is 0 Å². The molecule has 7 heteroatoms. The Balaban J connectivity index is 1.44. The second kappa shape index (κ2) is 7.80. The number of anilines is 1. The Bertz CT molecular complexity index is 911. The molecule has 6 nitrogen and oxygen atoms in total. The van der Waals surface area contributed by atoms with E-state index in [4.69, 9.17) is 16.1 Å². The monoisotopic (exact) mass is 382 g/mol. The van der Waals surface area contributed by atoms with Gasteiger partial charge in [0.15, 0.2) is 0 Å². The van der Waals surface area contributed by atoms with Crippen LogP contribution in [0, 0.1) is 0 Å². The van der Waals surface area contributed by atoms with E-state index in [0.29, 0.717) is 29.8 Å². The molecule has 1 fully saturated rings. The predicted octanol–water partition coefficient (Wildman–Crippen LogP) is 4.80. The molecule has 1 N–H and O–H groups in total. The van der Waals surface area contributed by atoms with E-state index >= 15 is 0 Å². The maximum absolute atomic E-state index is 12.5. The van der Waals surface area contributed by atoms with Gasteiger partial charge in [-0.3, -0.25) is 0 Å². The minimum absolute atomic E-state index is 0.0359. The average Bonchev–Trinajstić information content (AvgIpc) is 3.20. The summed E-state index contributed by atoms with van der Waals surface area (Å²) in [6.07, 6.45) is 1.81. The van der Waals surface area contributed by atoms with E-state index in [-0.39, 0.29) is 11.9 Å². The van der Waals surface area contributed by atoms with Gasteiger partial charge in [-0.05, 0) is 49.2 Å².